The molecule has 1 fully saturated rings. The third kappa shape index (κ3) is 1.91. The van der Waals surface area contributed by atoms with Gasteiger partial charge in [-0.25, -0.2) is 0 Å². The first-order valence-electron chi connectivity index (χ1n) is 7.18. The predicted octanol–water partition coefficient (Wildman–Crippen LogP) is 4.83. The van der Waals surface area contributed by atoms with Gasteiger partial charge in [0.1, 0.15) is 0 Å². The molecule has 20 heavy (non-hydrogen) atoms. The number of fused-ring (bicyclic) bond motifs is 3. The van der Waals surface area contributed by atoms with Gasteiger partial charge in [-0.3, -0.25) is 0 Å². The summed E-state index contributed by atoms with van der Waals surface area (Å²) in [5.74, 6) is 1.68. The molecule has 3 heteroatoms. The van der Waals surface area contributed by atoms with Crippen molar-refractivity contribution < 1.29 is 5.11 Å². The summed E-state index contributed by atoms with van der Waals surface area (Å²) in [5.41, 5.74) is 2.98. The van der Waals surface area contributed by atoms with E-state index in [0.717, 1.165) is 9.35 Å². The van der Waals surface area contributed by atoms with E-state index in [1.807, 2.05) is 0 Å². The topological polar surface area (TPSA) is 20.2 Å². The molecular weight excluding hydrogens is 332 g/mol. The monoisotopic (exact) mass is 348 g/mol. The molecule has 0 spiro atoms. The van der Waals surface area contributed by atoms with Crippen LogP contribution in [0.4, 0.5) is 0 Å². The summed E-state index contributed by atoms with van der Waals surface area (Å²) in [6, 6.07) is 10.9. The summed E-state index contributed by atoms with van der Waals surface area (Å²) < 4.78 is 1.13. The standard InChI is InChI=1S/C17H17BrOS/c1-9-13(18)8-14(20-9)17(19)16-12-7-6-10-4-2-3-5-11(10)15(12)16/h2-5,8,12,15-17,19H,6-7H2,1H3. The van der Waals surface area contributed by atoms with E-state index in [4.69, 9.17) is 0 Å². The van der Waals surface area contributed by atoms with Crippen molar-refractivity contribution in [3.05, 3.63) is 55.7 Å². The molecule has 1 nitrogen and oxygen atoms in total. The molecule has 0 bridgehead atoms. The predicted molar refractivity (Wildman–Crippen MR) is 86.2 cm³/mol. The molecule has 1 N–H and O–H groups in total. The lowest BCUT2D eigenvalue weighted by atomic mass is 9.92. The van der Waals surface area contributed by atoms with Gasteiger partial charge in [0.25, 0.3) is 0 Å². The number of hydrogen-bond donors (Lipinski definition) is 1. The highest BCUT2D eigenvalue weighted by Gasteiger charge is 2.56. The molecule has 2 aliphatic carbocycles. The molecule has 0 amide bonds. The van der Waals surface area contributed by atoms with E-state index in [1.165, 1.54) is 28.8 Å². The van der Waals surface area contributed by atoms with E-state index in [2.05, 4.69) is 53.2 Å². The Hall–Kier alpha value is -0.640. The minimum Gasteiger partial charge on any atom is -0.387 e. The molecule has 1 heterocycles. The summed E-state index contributed by atoms with van der Waals surface area (Å²) in [6.45, 7) is 2.10. The molecule has 2 aliphatic rings. The van der Waals surface area contributed by atoms with Gasteiger partial charge in [0.15, 0.2) is 0 Å². The Morgan fingerprint density at radius 1 is 1.35 bits per heavy atom. The van der Waals surface area contributed by atoms with Gasteiger partial charge >= 0.3 is 0 Å². The van der Waals surface area contributed by atoms with Crippen LogP contribution in [0.2, 0.25) is 0 Å². The van der Waals surface area contributed by atoms with Crippen molar-refractivity contribution in [2.45, 2.75) is 31.8 Å². The summed E-state index contributed by atoms with van der Waals surface area (Å²) >= 11 is 5.28. The van der Waals surface area contributed by atoms with Crippen LogP contribution in [-0.2, 0) is 6.42 Å². The van der Waals surface area contributed by atoms with Crippen molar-refractivity contribution in [2.75, 3.05) is 0 Å². The summed E-state index contributed by atoms with van der Waals surface area (Å²) in [4.78, 5) is 2.37. The first kappa shape index (κ1) is 13.1. The minimum absolute atomic E-state index is 0.300. The fraction of sp³-hybridized carbons (Fsp3) is 0.412. The molecule has 4 unspecified atom stereocenters. The molecule has 2 aromatic rings. The number of rotatable bonds is 2. The third-order valence-electron chi connectivity index (χ3n) is 4.92. The second-order valence-corrected chi connectivity index (χ2v) is 8.14. The second kappa shape index (κ2) is 4.69. The number of halogens is 1. The average molecular weight is 349 g/mol. The molecule has 0 radical (unpaired) electrons. The first-order valence-corrected chi connectivity index (χ1v) is 8.79. The first-order chi connectivity index (χ1) is 9.66. The average Bonchev–Trinajstić information content (AvgIpc) is 3.11. The summed E-state index contributed by atoms with van der Waals surface area (Å²) in [5, 5.41) is 10.7. The quantitative estimate of drug-likeness (QED) is 0.823. The molecule has 1 saturated carbocycles. The number of aliphatic hydroxyl groups excluding tert-OH is 1. The van der Waals surface area contributed by atoms with Crippen molar-refractivity contribution >= 4 is 27.3 Å². The second-order valence-electron chi connectivity index (χ2n) is 6.00. The van der Waals surface area contributed by atoms with Crippen LogP contribution in [0, 0.1) is 18.8 Å². The zero-order chi connectivity index (χ0) is 13.9. The highest BCUT2D eigenvalue weighted by atomic mass is 79.9. The molecule has 1 aromatic carbocycles. The van der Waals surface area contributed by atoms with Crippen LogP contribution in [0.5, 0.6) is 0 Å². The Labute approximate surface area is 131 Å². The van der Waals surface area contributed by atoms with E-state index in [-0.39, 0.29) is 6.10 Å². The van der Waals surface area contributed by atoms with Crippen LogP contribution in [-0.4, -0.2) is 5.11 Å². The molecule has 104 valence electrons. The lowest BCUT2D eigenvalue weighted by Crippen LogP contribution is -2.00. The number of aliphatic hydroxyl groups is 1. The highest BCUT2D eigenvalue weighted by Crippen LogP contribution is 2.64. The van der Waals surface area contributed by atoms with Crippen LogP contribution in [0.3, 0.4) is 0 Å². The molecule has 0 saturated heterocycles. The van der Waals surface area contributed by atoms with Crippen LogP contribution >= 0.6 is 27.3 Å². The Balaban J connectivity index is 1.63. The SMILES string of the molecule is Cc1sc(C(O)C2C3CCc4ccccc4C32)cc1Br. The summed E-state index contributed by atoms with van der Waals surface area (Å²) in [7, 11) is 0. The van der Waals surface area contributed by atoms with Gasteiger partial charge < -0.3 is 5.11 Å². The van der Waals surface area contributed by atoms with E-state index >= 15 is 0 Å². The maximum atomic E-state index is 10.7. The van der Waals surface area contributed by atoms with Crippen LogP contribution in [0.1, 0.15) is 39.3 Å². The van der Waals surface area contributed by atoms with Gasteiger partial charge in [0, 0.05) is 20.1 Å². The maximum absolute atomic E-state index is 10.7. The van der Waals surface area contributed by atoms with Crippen molar-refractivity contribution in [3.63, 3.8) is 0 Å². The fourth-order valence-electron chi connectivity index (χ4n) is 3.87. The van der Waals surface area contributed by atoms with E-state index in [1.54, 1.807) is 11.3 Å². The van der Waals surface area contributed by atoms with Gasteiger partial charge in [-0.1, -0.05) is 24.3 Å². The Kier molecular flexibility index (Phi) is 3.06. The Morgan fingerprint density at radius 2 is 2.15 bits per heavy atom. The molecule has 4 rings (SSSR count). The molecule has 4 atom stereocenters. The van der Waals surface area contributed by atoms with Crippen LogP contribution < -0.4 is 0 Å². The molecular formula is C17H17BrOS. The van der Waals surface area contributed by atoms with Gasteiger partial charge in [-0.15, -0.1) is 11.3 Å². The highest BCUT2D eigenvalue weighted by molar-refractivity contribution is 9.10. The van der Waals surface area contributed by atoms with E-state index in [0.29, 0.717) is 17.8 Å². The van der Waals surface area contributed by atoms with Crippen molar-refractivity contribution in [1.82, 2.24) is 0 Å². The lowest BCUT2D eigenvalue weighted by molar-refractivity contribution is 0.148. The zero-order valence-corrected chi connectivity index (χ0v) is 13.7. The Bertz CT molecular complexity index is 643. The van der Waals surface area contributed by atoms with Crippen molar-refractivity contribution in [1.29, 1.82) is 0 Å². The summed E-state index contributed by atoms with van der Waals surface area (Å²) in [6.07, 6.45) is 2.11. The van der Waals surface area contributed by atoms with Crippen LogP contribution in [0.15, 0.2) is 34.8 Å². The van der Waals surface area contributed by atoms with Gasteiger partial charge in [-0.2, -0.15) is 0 Å². The fourth-order valence-corrected chi connectivity index (χ4v) is 5.47. The van der Waals surface area contributed by atoms with E-state index < -0.39 is 0 Å². The molecule has 1 aromatic heterocycles. The maximum Gasteiger partial charge on any atom is 0.0919 e. The molecule has 0 aliphatic heterocycles. The van der Waals surface area contributed by atoms with E-state index in [9.17, 15) is 5.11 Å². The van der Waals surface area contributed by atoms with Gasteiger partial charge in [0.2, 0.25) is 0 Å². The lowest BCUT2D eigenvalue weighted by Gasteiger charge is -2.13. The third-order valence-corrected chi connectivity index (χ3v) is 7.13. The number of aryl methyl sites for hydroxylation is 2. The Morgan fingerprint density at radius 3 is 2.90 bits per heavy atom. The normalized spacial score (nSPS) is 28.6. The van der Waals surface area contributed by atoms with Crippen LogP contribution in [0.25, 0.3) is 0 Å². The largest absolute Gasteiger partial charge is 0.387 e. The number of benzene rings is 1. The minimum atomic E-state index is -0.300. The smallest absolute Gasteiger partial charge is 0.0919 e. The van der Waals surface area contributed by atoms with Gasteiger partial charge in [0.05, 0.1) is 6.10 Å². The number of hydrogen-bond acceptors (Lipinski definition) is 2. The van der Waals surface area contributed by atoms with Crippen molar-refractivity contribution in [3.8, 4) is 0 Å². The number of thiophene rings is 1. The van der Waals surface area contributed by atoms with Crippen molar-refractivity contribution in [2.24, 2.45) is 11.8 Å². The zero-order valence-electron chi connectivity index (χ0n) is 11.3. The van der Waals surface area contributed by atoms with Gasteiger partial charge in [-0.05, 0) is 64.7 Å².